The maximum Gasteiger partial charge on any atom is 0.363 e. The van der Waals surface area contributed by atoms with E-state index in [1.165, 1.54) is 0 Å². The maximum atomic E-state index is 12.3. The number of carbonyl (C=O) groups is 1. The maximum absolute atomic E-state index is 12.3. The Hall–Kier alpha value is -2.12. The minimum Gasteiger partial charge on any atom is -0.486 e. The van der Waals surface area contributed by atoms with Crippen LogP contribution >= 0.6 is 55.1 Å². The van der Waals surface area contributed by atoms with Crippen molar-refractivity contribution in [1.29, 1.82) is 0 Å². The Morgan fingerprint density at radius 3 is 2.29 bits per heavy atom. The first-order valence-electron chi connectivity index (χ1n) is 9.05. The van der Waals surface area contributed by atoms with Crippen molar-refractivity contribution in [2.75, 3.05) is 0 Å². The molecule has 1 aliphatic rings. The zero-order valence-electron chi connectivity index (χ0n) is 15.7. The second-order valence-corrected chi connectivity index (χ2v) is 9.03. The highest BCUT2D eigenvalue weighted by molar-refractivity contribution is 9.11. The Kier molecular flexibility index (Phi) is 6.82. The highest BCUT2D eigenvalue weighted by Gasteiger charge is 2.25. The third-order valence-electron chi connectivity index (χ3n) is 4.38. The first kappa shape index (κ1) is 22.1. The largest absolute Gasteiger partial charge is 0.486 e. The van der Waals surface area contributed by atoms with Crippen LogP contribution in [-0.2, 0) is 16.1 Å². The molecule has 8 heteroatoms. The summed E-state index contributed by atoms with van der Waals surface area (Å²) in [5.74, 6) is 0.261. The van der Waals surface area contributed by atoms with Gasteiger partial charge in [0.1, 0.15) is 12.4 Å². The predicted molar refractivity (Wildman–Crippen MR) is 130 cm³/mol. The van der Waals surface area contributed by atoms with Crippen LogP contribution in [0.25, 0.3) is 6.08 Å². The number of aliphatic imine (C=N–C) groups is 1. The Labute approximate surface area is 205 Å². The Morgan fingerprint density at radius 2 is 1.61 bits per heavy atom. The standard InChI is InChI=1S/C23H13Br2Cl2NO3/c24-16-9-13(10-17(25)21(16)30-12-14-5-1-3-7-18(14)26)11-20-23(29)31-22(28-20)15-6-2-4-8-19(15)27/h1-11H,12H2/b20-11-. The van der Waals surface area contributed by atoms with Crippen LogP contribution in [0.15, 0.2) is 80.3 Å². The molecule has 0 saturated heterocycles. The lowest BCUT2D eigenvalue weighted by molar-refractivity contribution is -0.129. The van der Waals surface area contributed by atoms with E-state index in [0.29, 0.717) is 36.9 Å². The summed E-state index contributed by atoms with van der Waals surface area (Å²) in [5.41, 5.74) is 2.36. The number of halogens is 4. The fourth-order valence-corrected chi connectivity index (χ4v) is 4.74. The van der Waals surface area contributed by atoms with Crippen LogP contribution in [-0.4, -0.2) is 11.9 Å². The van der Waals surface area contributed by atoms with E-state index in [-0.39, 0.29) is 11.6 Å². The van der Waals surface area contributed by atoms with Crippen molar-refractivity contribution in [2.45, 2.75) is 6.61 Å². The monoisotopic (exact) mass is 579 g/mol. The topological polar surface area (TPSA) is 47.9 Å². The van der Waals surface area contributed by atoms with Gasteiger partial charge in [-0.1, -0.05) is 53.5 Å². The number of cyclic esters (lactones) is 1. The average Bonchev–Trinajstić information content (AvgIpc) is 3.09. The zero-order valence-corrected chi connectivity index (χ0v) is 20.4. The summed E-state index contributed by atoms with van der Waals surface area (Å²) in [6.45, 7) is 0.315. The third-order valence-corrected chi connectivity index (χ3v) is 6.26. The summed E-state index contributed by atoms with van der Waals surface area (Å²) in [4.78, 5) is 16.6. The normalized spacial score (nSPS) is 14.5. The van der Waals surface area contributed by atoms with Gasteiger partial charge in [-0.15, -0.1) is 0 Å². The first-order valence-corrected chi connectivity index (χ1v) is 11.4. The van der Waals surface area contributed by atoms with Crippen LogP contribution in [0.4, 0.5) is 0 Å². The van der Waals surface area contributed by atoms with Gasteiger partial charge in [-0.05, 0) is 73.8 Å². The average molecular weight is 582 g/mol. The van der Waals surface area contributed by atoms with Crippen LogP contribution < -0.4 is 4.74 Å². The molecule has 0 atom stereocenters. The highest BCUT2D eigenvalue weighted by atomic mass is 79.9. The molecule has 0 unspecified atom stereocenters. The highest BCUT2D eigenvalue weighted by Crippen LogP contribution is 2.36. The molecule has 0 spiro atoms. The predicted octanol–water partition coefficient (Wildman–Crippen LogP) is 7.44. The molecule has 156 valence electrons. The molecule has 4 nitrogen and oxygen atoms in total. The number of ether oxygens (including phenoxy) is 2. The lowest BCUT2D eigenvalue weighted by Gasteiger charge is -2.12. The van der Waals surface area contributed by atoms with Crippen LogP contribution in [0.1, 0.15) is 16.7 Å². The van der Waals surface area contributed by atoms with Gasteiger partial charge < -0.3 is 9.47 Å². The van der Waals surface area contributed by atoms with E-state index in [2.05, 4.69) is 36.9 Å². The molecule has 0 saturated carbocycles. The molecule has 3 aromatic rings. The quantitative estimate of drug-likeness (QED) is 0.232. The number of esters is 1. The van der Waals surface area contributed by atoms with Gasteiger partial charge in [-0.3, -0.25) is 0 Å². The third kappa shape index (κ3) is 5.04. The minimum atomic E-state index is -0.541. The molecule has 0 aromatic heterocycles. The molecule has 0 fully saturated rings. The van der Waals surface area contributed by atoms with Gasteiger partial charge >= 0.3 is 5.97 Å². The number of carbonyl (C=O) groups excluding carboxylic acids is 1. The van der Waals surface area contributed by atoms with E-state index in [0.717, 1.165) is 11.1 Å². The summed E-state index contributed by atoms with van der Waals surface area (Å²) in [6, 6.07) is 18.2. The second kappa shape index (κ2) is 9.57. The Balaban J connectivity index is 1.58. The van der Waals surface area contributed by atoms with E-state index >= 15 is 0 Å². The summed E-state index contributed by atoms with van der Waals surface area (Å²) in [6.07, 6.45) is 1.64. The number of hydrogen-bond acceptors (Lipinski definition) is 4. The summed E-state index contributed by atoms with van der Waals surface area (Å²) >= 11 is 19.4. The van der Waals surface area contributed by atoms with Crippen molar-refractivity contribution in [2.24, 2.45) is 4.99 Å². The lowest BCUT2D eigenvalue weighted by atomic mass is 10.2. The van der Waals surface area contributed by atoms with Gasteiger partial charge in [0.05, 0.1) is 19.5 Å². The smallest absolute Gasteiger partial charge is 0.363 e. The number of rotatable bonds is 5. The van der Waals surface area contributed by atoms with E-state index in [4.69, 9.17) is 32.7 Å². The molecule has 0 bridgehead atoms. The molecular formula is C23H13Br2Cl2NO3. The molecule has 0 N–H and O–H groups in total. The van der Waals surface area contributed by atoms with Crippen molar-refractivity contribution in [3.8, 4) is 5.75 Å². The van der Waals surface area contributed by atoms with Crippen molar-refractivity contribution in [1.82, 2.24) is 0 Å². The van der Waals surface area contributed by atoms with Crippen LogP contribution in [0.3, 0.4) is 0 Å². The van der Waals surface area contributed by atoms with Crippen molar-refractivity contribution < 1.29 is 14.3 Å². The fraction of sp³-hybridized carbons (Fsp3) is 0.0435. The molecule has 4 rings (SSSR count). The van der Waals surface area contributed by atoms with Crippen LogP contribution in [0, 0.1) is 0 Å². The van der Waals surface area contributed by atoms with E-state index in [1.807, 2.05) is 36.4 Å². The van der Waals surface area contributed by atoms with Crippen molar-refractivity contribution in [3.05, 3.63) is 102 Å². The first-order chi connectivity index (χ1) is 14.9. The van der Waals surface area contributed by atoms with E-state index in [1.54, 1.807) is 30.3 Å². The molecule has 0 radical (unpaired) electrons. The van der Waals surface area contributed by atoms with Gasteiger partial charge in [0.15, 0.2) is 5.70 Å². The second-order valence-electron chi connectivity index (χ2n) is 6.51. The van der Waals surface area contributed by atoms with Gasteiger partial charge in [-0.25, -0.2) is 9.79 Å². The van der Waals surface area contributed by atoms with Crippen LogP contribution in [0.2, 0.25) is 10.0 Å². The summed E-state index contributed by atoms with van der Waals surface area (Å²) in [7, 11) is 0. The van der Waals surface area contributed by atoms with Crippen molar-refractivity contribution >= 4 is 73.0 Å². The lowest BCUT2D eigenvalue weighted by Crippen LogP contribution is -2.05. The Bertz CT molecular complexity index is 1220. The van der Waals surface area contributed by atoms with Crippen LogP contribution in [0.5, 0.6) is 5.75 Å². The van der Waals surface area contributed by atoms with Gasteiger partial charge in [0, 0.05) is 10.6 Å². The Morgan fingerprint density at radius 1 is 0.968 bits per heavy atom. The molecule has 1 heterocycles. The number of nitrogens with zero attached hydrogens (tertiary/aromatic N) is 1. The van der Waals surface area contributed by atoms with Crippen molar-refractivity contribution in [3.63, 3.8) is 0 Å². The number of benzene rings is 3. The zero-order chi connectivity index (χ0) is 22.0. The summed E-state index contributed by atoms with van der Waals surface area (Å²) in [5, 5.41) is 1.10. The summed E-state index contributed by atoms with van der Waals surface area (Å²) < 4.78 is 12.7. The van der Waals surface area contributed by atoms with Gasteiger partial charge in [-0.2, -0.15) is 0 Å². The molecule has 3 aromatic carbocycles. The van der Waals surface area contributed by atoms with E-state index < -0.39 is 5.97 Å². The number of hydrogen-bond donors (Lipinski definition) is 0. The molecule has 1 aliphatic heterocycles. The molecule has 0 aliphatic carbocycles. The fourth-order valence-electron chi connectivity index (χ4n) is 2.88. The molecular weight excluding hydrogens is 569 g/mol. The SMILES string of the molecule is O=C1OC(c2ccccc2Cl)=N/C1=C\c1cc(Br)c(OCc2ccccc2Cl)c(Br)c1. The molecule has 31 heavy (non-hydrogen) atoms. The minimum absolute atomic E-state index is 0.179. The van der Waals surface area contributed by atoms with Gasteiger partial charge in [0.2, 0.25) is 5.90 Å². The van der Waals surface area contributed by atoms with E-state index in [9.17, 15) is 4.79 Å². The molecule has 0 amide bonds. The van der Waals surface area contributed by atoms with Gasteiger partial charge in [0.25, 0.3) is 0 Å².